The summed E-state index contributed by atoms with van der Waals surface area (Å²) < 4.78 is 0. The lowest BCUT2D eigenvalue weighted by atomic mass is 10.1. The van der Waals surface area contributed by atoms with E-state index in [2.05, 4.69) is 19.9 Å². The molecule has 0 spiro atoms. The molecule has 0 radical (unpaired) electrons. The van der Waals surface area contributed by atoms with E-state index in [1.165, 1.54) is 6.42 Å². The first-order valence-electron chi connectivity index (χ1n) is 8.68. The van der Waals surface area contributed by atoms with Crippen LogP contribution in [0.5, 0.6) is 0 Å². The highest BCUT2D eigenvalue weighted by Gasteiger charge is 2.15. The van der Waals surface area contributed by atoms with Crippen LogP contribution in [0.2, 0.25) is 0 Å². The standard InChI is InChI=1S/C20H20N4O/c25-19-17-16(10-9-15-7-3-1-4-8-15)11-12-21-18(17)22-20(23-19)24-13-5-2-6-14-24/h1,3-4,7-12H,2,5-6,13-14H2,(H,21,22,23,25). The quantitative estimate of drug-likeness (QED) is 0.798. The molecule has 0 aliphatic carbocycles. The zero-order chi connectivity index (χ0) is 17.1. The molecule has 1 aromatic carbocycles. The van der Waals surface area contributed by atoms with Crippen molar-refractivity contribution in [3.8, 4) is 0 Å². The van der Waals surface area contributed by atoms with Gasteiger partial charge in [-0.2, -0.15) is 4.98 Å². The van der Waals surface area contributed by atoms with Gasteiger partial charge in [-0.05, 0) is 36.5 Å². The number of benzene rings is 1. The maximum Gasteiger partial charge on any atom is 0.262 e. The third-order valence-corrected chi connectivity index (χ3v) is 4.54. The second-order valence-corrected chi connectivity index (χ2v) is 6.28. The van der Waals surface area contributed by atoms with E-state index in [0.29, 0.717) is 17.0 Å². The van der Waals surface area contributed by atoms with E-state index in [1.54, 1.807) is 6.20 Å². The largest absolute Gasteiger partial charge is 0.342 e. The SMILES string of the molecule is O=c1[nH]c(N2CCCCC2)nc2nccc(C=Cc3ccccc3)c12. The Hall–Kier alpha value is -2.95. The molecular weight excluding hydrogens is 312 g/mol. The second-order valence-electron chi connectivity index (χ2n) is 6.28. The molecule has 2 aromatic heterocycles. The maximum absolute atomic E-state index is 12.7. The monoisotopic (exact) mass is 332 g/mol. The fourth-order valence-corrected chi connectivity index (χ4v) is 3.22. The van der Waals surface area contributed by atoms with Gasteiger partial charge in [0.25, 0.3) is 5.56 Å². The zero-order valence-corrected chi connectivity index (χ0v) is 14.0. The van der Waals surface area contributed by atoms with Gasteiger partial charge in [-0.25, -0.2) is 4.98 Å². The minimum Gasteiger partial charge on any atom is -0.342 e. The molecule has 1 N–H and O–H groups in total. The van der Waals surface area contributed by atoms with Crippen molar-refractivity contribution >= 4 is 29.1 Å². The van der Waals surface area contributed by atoms with Gasteiger partial charge in [0.05, 0.1) is 5.39 Å². The van der Waals surface area contributed by atoms with Crippen molar-refractivity contribution in [2.24, 2.45) is 0 Å². The summed E-state index contributed by atoms with van der Waals surface area (Å²) in [6.45, 7) is 1.87. The summed E-state index contributed by atoms with van der Waals surface area (Å²) >= 11 is 0. The van der Waals surface area contributed by atoms with E-state index in [-0.39, 0.29) is 5.56 Å². The van der Waals surface area contributed by atoms with Crippen molar-refractivity contribution in [3.05, 3.63) is 64.1 Å². The lowest BCUT2D eigenvalue weighted by molar-refractivity contribution is 0.568. The van der Waals surface area contributed by atoms with Gasteiger partial charge >= 0.3 is 0 Å². The zero-order valence-electron chi connectivity index (χ0n) is 14.0. The predicted octanol–water partition coefficient (Wildman–Crippen LogP) is 3.48. The van der Waals surface area contributed by atoms with Crippen LogP contribution in [-0.2, 0) is 0 Å². The van der Waals surface area contributed by atoms with Gasteiger partial charge in [-0.15, -0.1) is 0 Å². The normalized spacial score (nSPS) is 15.1. The van der Waals surface area contributed by atoms with E-state index in [0.717, 1.165) is 37.1 Å². The van der Waals surface area contributed by atoms with Crippen molar-refractivity contribution in [1.82, 2.24) is 15.0 Å². The second kappa shape index (κ2) is 6.89. The van der Waals surface area contributed by atoms with Crippen molar-refractivity contribution in [3.63, 3.8) is 0 Å². The summed E-state index contributed by atoms with van der Waals surface area (Å²) in [5.41, 5.74) is 2.28. The molecule has 0 bridgehead atoms. The van der Waals surface area contributed by atoms with Crippen molar-refractivity contribution < 1.29 is 0 Å². The third kappa shape index (κ3) is 3.31. The Morgan fingerprint density at radius 1 is 1.00 bits per heavy atom. The van der Waals surface area contributed by atoms with Gasteiger partial charge in [-0.1, -0.05) is 42.5 Å². The molecule has 5 heteroatoms. The van der Waals surface area contributed by atoms with Crippen molar-refractivity contribution in [2.45, 2.75) is 19.3 Å². The number of rotatable bonds is 3. The Kier molecular flexibility index (Phi) is 4.29. The number of aromatic amines is 1. The van der Waals surface area contributed by atoms with Crippen LogP contribution in [0, 0.1) is 0 Å². The Labute approximate surface area is 146 Å². The van der Waals surface area contributed by atoms with Crippen LogP contribution in [0.4, 0.5) is 5.95 Å². The van der Waals surface area contributed by atoms with Crippen molar-refractivity contribution in [2.75, 3.05) is 18.0 Å². The molecule has 1 saturated heterocycles. The number of nitrogens with one attached hydrogen (secondary N) is 1. The molecule has 0 unspecified atom stereocenters. The van der Waals surface area contributed by atoms with Gasteiger partial charge in [0, 0.05) is 19.3 Å². The molecule has 3 aromatic rings. The minimum atomic E-state index is -0.133. The maximum atomic E-state index is 12.7. The van der Waals surface area contributed by atoms with Crippen LogP contribution < -0.4 is 10.5 Å². The first kappa shape index (κ1) is 15.6. The molecule has 0 saturated carbocycles. The summed E-state index contributed by atoms with van der Waals surface area (Å²) in [5.74, 6) is 0.633. The summed E-state index contributed by atoms with van der Waals surface area (Å²) in [7, 11) is 0. The molecule has 4 rings (SSSR count). The van der Waals surface area contributed by atoms with Gasteiger partial charge in [-0.3, -0.25) is 9.78 Å². The predicted molar refractivity (Wildman–Crippen MR) is 102 cm³/mol. The smallest absolute Gasteiger partial charge is 0.262 e. The van der Waals surface area contributed by atoms with Crippen LogP contribution >= 0.6 is 0 Å². The van der Waals surface area contributed by atoms with Gasteiger partial charge < -0.3 is 4.90 Å². The number of anilines is 1. The van der Waals surface area contributed by atoms with Crippen LogP contribution in [0.3, 0.4) is 0 Å². The van der Waals surface area contributed by atoms with Crippen LogP contribution in [0.1, 0.15) is 30.4 Å². The number of aromatic nitrogens is 3. The van der Waals surface area contributed by atoms with Crippen molar-refractivity contribution in [1.29, 1.82) is 0 Å². The Balaban J connectivity index is 1.74. The van der Waals surface area contributed by atoms with E-state index in [4.69, 9.17) is 0 Å². The average Bonchev–Trinajstić information content (AvgIpc) is 2.67. The lowest BCUT2D eigenvalue weighted by Gasteiger charge is -2.26. The van der Waals surface area contributed by atoms with E-state index < -0.39 is 0 Å². The molecule has 1 fully saturated rings. The topological polar surface area (TPSA) is 61.9 Å². The van der Waals surface area contributed by atoms with E-state index in [1.807, 2.05) is 48.6 Å². The fourth-order valence-electron chi connectivity index (χ4n) is 3.22. The molecule has 3 heterocycles. The number of H-pyrrole nitrogens is 1. The average molecular weight is 332 g/mol. The third-order valence-electron chi connectivity index (χ3n) is 4.54. The number of nitrogens with zero attached hydrogens (tertiary/aromatic N) is 3. The Morgan fingerprint density at radius 3 is 2.60 bits per heavy atom. The highest BCUT2D eigenvalue weighted by atomic mass is 16.1. The molecule has 1 aliphatic rings. The molecule has 25 heavy (non-hydrogen) atoms. The summed E-state index contributed by atoms with van der Waals surface area (Å²) in [4.78, 5) is 26.7. The summed E-state index contributed by atoms with van der Waals surface area (Å²) in [5, 5.41) is 0.537. The van der Waals surface area contributed by atoms with E-state index in [9.17, 15) is 4.79 Å². The van der Waals surface area contributed by atoms with E-state index >= 15 is 0 Å². The Bertz CT molecular complexity index is 956. The lowest BCUT2D eigenvalue weighted by Crippen LogP contribution is -2.32. The number of hydrogen-bond donors (Lipinski definition) is 1. The molecule has 1 aliphatic heterocycles. The first-order valence-corrected chi connectivity index (χ1v) is 8.68. The molecule has 126 valence electrons. The Morgan fingerprint density at radius 2 is 1.80 bits per heavy atom. The number of fused-ring (bicyclic) bond motifs is 1. The number of piperidine rings is 1. The summed E-state index contributed by atoms with van der Waals surface area (Å²) in [6, 6.07) is 11.9. The van der Waals surface area contributed by atoms with Gasteiger partial charge in [0.1, 0.15) is 0 Å². The number of pyridine rings is 1. The van der Waals surface area contributed by atoms with Gasteiger partial charge in [0.15, 0.2) is 5.65 Å². The molecular formula is C20H20N4O. The van der Waals surface area contributed by atoms with Crippen LogP contribution in [0.25, 0.3) is 23.2 Å². The summed E-state index contributed by atoms with van der Waals surface area (Å²) in [6.07, 6.45) is 9.15. The fraction of sp³-hybridized carbons (Fsp3) is 0.250. The van der Waals surface area contributed by atoms with Gasteiger partial charge in [0.2, 0.25) is 5.95 Å². The first-order chi connectivity index (χ1) is 12.3. The molecule has 5 nitrogen and oxygen atoms in total. The highest BCUT2D eigenvalue weighted by Crippen LogP contribution is 2.19. The minimum absolute atomic E-state index is 0.133. The molecule has 0 atom stereocenters. The van der Waals surface area contributed by atoms with Crippen LogP contribution in [-0.4, -0.2) is 28.0 Å². The highest BCUT2D eigenvalue weighted by molar-refractivity contribution is 5.88. The number of hydrogen-bond acceptors (Lipinski definition) is 4. The molecule has 0 amide bonds. The van der Waals surface area contributed by atoms with Crippen LogP contribution in [0.15, 0.2) is 47.4 Å².